The summed E-state index contributed by atoms with van der Waals surface area (Å²) in [4.78, 5) is 6.62. The lowest BCUT2D eigenvalue weighted by atomic mass is 10.1. The minimum absolute atomic E-state index is 1.10. The van der Waals surface area contributed by atoms with E-state index < -0.39 is 0 Å². The zero-order valence-electron chi connectivity index (χ0n) is 12.2. The highest BCUT2D eigenvalue weighted by Crippen LogP contribution is 2.23. The van der Waals surface area contributed by atoms with Gasteiger partial charge in [0.1, 0.15) is 0 Å². The SMILES string of the molecule is Brc1ccc(CN2CCN(CCc3ccccc3)CC2)s1. The molecule has 0 unspecified atom stereocenters. The molecule has 21 heavy (non-hydrogen) atoms. The van der Waals surface area contributed by atoms with Crippen molar-refractivity contribution in [1.82, 2.24) is 9.80 Å². The van der Waals surface area contributed by atoms with Gasteiger partial charge < -0.3 is 4.90 Å². The first kappa shape index (κ1) is 15.2. The summed E-state index contributed by atoms with van der Waals surface area (Å²) in [6, 6.07) is 15.2. The molecule has 0 amide bonds. The van der Waals surface area contributed by atoms with Crippen LogP contribution in [-0.4, -0.2) is 42.5 Å². The molecule has 0 N–H and O–H groups in total. The topological polar surface area (TPSA) is 6.48 Å². The smallest absolute Gasteiger partial charge is 0.0701 e. The number of piperazine rings is 1. The number of halogens is 1. The molecule has 1 aromatic heterocycles. The Bertz CT molecular complexity index is 547. The number of benzene rings is 1. The van der Waals surface area contributed by atoms with Gasteiger partial charge in [0, 0.05) is 44.1 Å². The van der Waals surface area contributed by atoms with E-state index >= 15 is 0 Å². The van der Waals surface area contributed by atoms with Gasteiger partial charge in [-0.25, -0.2) is 0 Å². The molecule has 4 heteroatoms. The summed E-state index contributed by atoms with van der Waals surface area (Å²) in [6.45, 7) is 7.04. The quantitative estimate of drug-likeness (QED) is 0.794. The molecule has 0 saturated carbocycles. The Morgan fingerprint density at radius 3 is 2.29 bits per heavy atom. The van der Waals surface area contributed by atoms with E-state index in [0.29, 0.717) is 0 Å². The Kier molecular flexibility index (Phi) is 5.47. The van der Waals surface area contributed by atoms with E-state index in [1.807, 2.05) is 11.3 Å². The van der Waals surface area contributed by atoms with Crippen LogP contribution in [0.4, 0.5) is 0 Å². The molecule has 1 saturated heterocycles. The van der Waals surface area contributed by atoms with Crippen molar-refractivity contribution in [1.29, 1.82) is 0 Å². The third kappa shape index (κ3) is 4.65. The van der Waals surface area contributed by atoms with Gasteiger partial charge in [0.2, 0.25) is 0 Å². The summed E-state index contributed by atoms with van der Waals surface area (Å²) < 4.78 is 1.24. The second-order valence-corrected chi connectivity index (χ2v) is 8.11. The van der Waals surface area contributed by atoms with Crippen LogP contribution in [0.3, 0.4) is 0 Å². The standard InChI is InChI=1S/C17H21BrN2S/c18-17-7-6-16(21-17)14-20-12-10-19(11-13-20)9-8-15-4-2-1-3-5-15/h1-7H,8-14H2. The number of thiophene rings is 1. The van der Waals surface area contributed by atoms with E-state index in [4.69, 9.17) is 0 Å². The Hall–Kier alpha value is -0.680. The molecule has 2 heterocycles. The number of rotatable bonds is 5. The van der Waals surface area contributed by atoms with Crippen molar-refractivity contribution in [2.24, 2.45) is 0 Å². The Morgan fingerprint density at radius 1 is 0.905 bits per heavy atom. The van der Waals surface area contributed by atoms with E-state index in [9.17, 15) is 0 Å². The highest BCUT2D eigenvalue weighted by atomic mass is 79.9. The maximum Gasteiger partial charge on any atom is 0.0701 e. The van der Waals surface area contributed by atoms with Crippen LogP contribution in [0, 0.1) is 0 Å². The summed E-state index contributed by atoms with van der Waals surface area (Å²) in [5.41, 5.74) is 1.45. The average molecular weight is 365 g/mol. The molecule has 2 aromatic rings. The van der Waals surface area contributed by atoms with E-state index in [2.05, 4.69) is 68.2 Å². The van der Waals surface area contributed by atoms with Crippen LogP contribution in [0.5, 0.6) is 0 Å². The lowest BCUT2D eigenvalue weighted by molar-refractivity contribution is 0.129. The van der Waals surface area contributed by atoms with Gasteiger partial charge >= 0.3 is 0 Å². The molecular weight excluding hydrogens is 344 g/mol. The van der Waals surface area contributed by atoms with E-state index in [1.54, 1.807) is 0 Å². The van der Waals surface area contributed by atoms with Crippen LogP contribution in [0.25, 0.3) is 0 Å². The fourth-order valence-corrected chi connectivity index (χ4v) is 4.29. The predicted octanol–water partition coefficient (Wildman–Crippen LogP) is 3.87. The minimum Gasteiger partial charge on any atom is -0.300 e. The maximum atomic E-state index is 3.54. The molecule has 0 spiro atoms. The lowest BCUT2D eigenvalue weighted by Gasteiger charge is -2.34. The van der Waals surface area contributed by atoms with Gasteiger partial charge in [0.15, 0.2) is 0 Å². The van der Waals surface area contributed by atoms with Crippen LogP contribution in [0.1, 0.15) is 10.4 Å². The largest absolute Gasteiger partial charge is 0.300 e. The van der Waals surface area contributed by atoms with Gasteiger partial charge in [-0.2, -0.15) is 0 Å². The zero-order valence-corrected chi connectivity index (χ0v) is 14.6. The first-order valence-corrected chi connectivity index (χ1v) is 9.13. The van der Waals surface area contributed by atoms with Crippen LogP contribution in [-0.2, 0) is 13.0 Å². The molecule has 1 aliphatic rings. The van der Waals surface area contributed by atoms with Crippen molar-refractivity contribution < 1.29 is 0 Å². The Morgan fingerprint density at radius 2 is 1.62 bits per heavy atom. The Labute approximate surface area is 139 Å². The van der Waals surface area contributed by atoms with Gasteiger partial charge in [-0.15, -0.1) is 11.3 Å². The van der Waals surface area contributed by atoms with E-state index in [-0.39, 0.29) is 0 Å². The normalized spacial score (nSPS) is 17.2. The zero-order chi connectivity index (χ0) is 14.5. The summed E-state index contributed by atoms with van der Waals surface area (Å²) in [5, 5.41) is 0. The predicted molar refractivity (Wildman–Crippen MR) is 93.9 cm³/mol. The third-order valence-corrected chi connectivity index (χ3v) is 5.64. The lowest BCUT2D eigenvalue weighted by Crippen LogP contribution is -2.46. The second kappa shape index (κ2) is 7.54. The third-order valence-electron chi connectivity index (χ3n) is 4.03. The van der Waals surface area contributed by atoms with Crippen molar-refractivity contribution in [3.8, 4) is 0 Å². The van der Waals surface area contributed by atoms with Crippen molar-refractivity contribution in [3.63, 3.8) is 0 Å². The van der Waals surface area contributed by atoms with Crippen molar-refractivity contribution >= 4 is 27.3 Å². The molecule has 0 bridgehead atoms. The van der Waals surface area contributed by atoms with Crippen LogP contribution >= 0.6 is 27.3 Å². The average Bonchev–Trinajstić information content (AvgIpc) is 2.93. The highest BCUT2D eigenvalue weighted by Gasteiger charge is 2.17. The highest BCUT2D eigenvalue weighted by molar-refractivity contribution is 9.11. The fourth-order valence-electron chi connectivity index (χ4n) is 2.76. The molecule has 112 valence electrons. The van der Waals surface area contributed by atoms with E-state index in [1.165, 1.54) is 53.4 Å². The van der Waals surface area contributed by atoms with Gasteiger partial charge in [0.05, 0.1) is 3.79 Å². The van der Waals surface area contributed by atoms with Crippen LogP contribution < -0.4 is 0 Å². The fraction of sp³-hybridized carbons (Fsp3) is 0.412. The molecule has 1 fully saturated rings. The monoisotopic (exact) mass is 364 g/mol. The molecule has 1 aliphatic heterocycles. The van der Waals surface area contributed by atoms with Gasteiger partial charge in [-0.1, -0.05) is 30.3 Å². The molecule has 0 radical (unpaired) electrons. The minimum atomic E-state index is 1.10. The van der Waals surface area contributed by atoms with Crippen LogP contribution in [0.2, 0.25) is 0 Å². The first-order valence-electron chi connectivity index (χ1n) is 7.52. The molecule has 2 nitrogen and oxygen atoms in total. The molecule has 0 atom stereocenters. The van der Waals surface area contributed by atoms with Crippen LogP contribution in [0.15, 0.2) is 46.3 Å². The molecular formula is C17H21BrN2S. The van der Waals surface area contributed by atoms with E-state index in [0.717, 1.165) is 6.54 Å². The number of nitrogens with zero attached hydrogens (tertiary/aromatic N) is 2. The van der Waals surface area contributed by atoms with Crippen molar-refractivity contribution in [3.05, 3.63) is 56.7 Å². The van der Waals surface area contributed by atoms with Gasteiger partial charge in [0.25, 0.3) is 0 Å². The second-order valence-electron chi connectivity index (χ2n) is 5.56. The summed E-state index contributed by atoms with van der Waals surface area (Å²) in [7, 11) is 0. The number of hydrogen-bond donors (Lipinski definition) is 0. The molecule has 1 aromatic carbocycles. The Balaban J connectivity index is 1.40. The van der Waals surface area contributed by atoms with Crippen molar-refractivity contribution in [2.75, 3.05) is 32.7 Å². The van der Waals surface area contributed by atoms with Gasteiger partial charge in [-0.3, -0.25) is 4.90 Å². The maximum absolute atomic E-state index is 3.54. The summed E-state index contributed by atoms with van der Waals surface area (Å²) in [5.74, 6) is 0. The van der Waals surface area contributed by atoms with Gasteiger partial charge in [-0.05, 0) is 40.0 Å². The number of hydrogen-bond acceptors (Lipinski definition) is 3. The summed E-state index contributed by atoms with van der Waals surface area (Å²) in [6.07, 6.45) is 1.17. The van der Waals surface area contributed by atoms with Crippen molar-refractivity contribution in [2.45, 2.75) is 13.0 Å². The summed E-state index contributed by atoms with van der Waals surface area (Å²) >= 11 is 5.39. The molecule has 0 aliphatic carbocycles. The first-order chi connectivity index (χ1) is 10.3. The molecule has 3 rings (SSSR count).